The van der Waals surface area contributed by atoms with Gasteiger partial charge >= 0.3 is 0 Å². The first kappa shape index (κ1) is 53.6. The van der Waals surface area contributed by atoms with E-state index in [1.807, 2.05) is 6.08 Å². The molecule has 9 heteroatoms. The Morgan fingerprint density at radius 3 is 1.66 bits per heavy atom. The minimum Gasteiger partial charge on any atom is -0.394 e. The molecule has 1 fully saturated rings. The van der Waals surface area contributed by atoms with Crippen LogP contribution in [0.1, 0.15) is 174 Å². The number of carbonyl (C=O) groups is 1. The van der Waals surface area contributed by atoms with Crippen molar-refractivity contribution < 1.29 is 39.8 Å². The summed E-state index contributed by atoms with van der Waals surface area (Å²) in [6, 6.07) is -0.826. The first-order valence-corrected chi connectivity index (χ1v) is 23.2. The molecule has 334 valence electrons. The predicted octanol–water partition coefficient (Wildman–Crippen LogP) is 9.78. The molecule has 7 atom stereocenters. The SMILES string of the molecule is CC/C=C\C/C=C\C/C=C\C/C=C\CCCCCCCCCCCCC(=O)NC(COC1OC(CO)C(O)C(O)C1O)C(O)/C=C/CC/C=C/CCCCCCCC. The van der Waals surface area contributed by atoms with Crippen LogP contribution < -0.4 is 5.32 Å². The van der Waals surface area contributed by atoms with Gasteiger partial charge in [-0.25, -0.2) is 0 Å². The Balaban J connectivity index is 2.32. The molecule has 1 saturated heterocycles. The van der Waals surface area contributed by atoms with Gasteiger partial charge < -0.3 is 40.3 Å². The van der Waals surface area contributed by atoms with Gasteiger partial charge in [-0.2, -0.15) is 0 Å². The quantitative estimate of drug-likeness (QED) is 0.0268. The van der Waals surface area contributed by atoms with Crippen LogP contribution in [-0.2, 0) is 14.3 Å². The highest BCUT2D eigenvalue weighted by atomic mass is 16.7. The molecule has 0 aliphatic carbocycles. The molecule has 0 aromatic rings. The number of hydrogen-bond acceptors (Lipinski definition) is 8. The van der Waals surface area contributed by atoms with Crippen LogP contribution in [0.15, 0.2) is 72.9 Å². The fourth-order valence-electron chi connectivity index (χ4n) is 6.81. The Kier molecular flexibility index (Phi) is 35.9. The topological polar surface area (TPSA) is 149 Å². The number of nitrogens with one attached hydrogen (secondary N) is 1. The summed E-state index contributed by atoms with van der Waals surface area (Å²) >= 11 is 0. The maximum atomic E-state index is 12.9. The molecule has 0 aromatic heterocycles. The number of amides is 1. The fraction of sp³-hybridized carbons (Fsp3) is 0.735. The molecule has 1 aliphatic rings. The number of aliphatic hydroxyl groups is 5. The number of ether oxygens (including phenoxy) is 2. The lowest BCUT2D eigenvalue weighted by Crippen LogP contribution is -2.60. The van der Waals surface area contributed by atoms with Gasteiger partial charge in [-0.05, 0) is 70.6 Å². The average molecular weight is 816 g/mol. The molecule has 0 aromatic carbocycles. The third-order valence-electron chi connectivity index (χ3n) is 10.5. The highest BCUT2D eigenvalue weighted by Gasteiger charge is 2.44. The minimum absolute atomic E-state index is 0.197. The zero-order valence-electron chi connectivity index (χ0n) is 36.5. The van der Waals surface area contributed by atoms with Crippen molar-refractivity contribution in [1.29, 1.82) is 0 Å². The first-order chi connectivity index (χ1) is 28.3. The summed E-state index contributed by atoms with van der Waals surface area (Å²) in [5, 5.41) is 54.1. The summed E-state index contributed by atoms with van der Waals surface area (Å²) in [4.78, 5) is 12.9. The zero-order valence-corrected chi connectivity index (χ0v) is 36.5. The van der Waals surface area contributed by atoms with Crippen LogP contribution in [0.3, 0.4) is 0 Å². The monoisotopic (exact) mass is 816 g/mol. The standard InChI is InChI=1S/C49H85NO8/c1-3-5-7-9-11-13-15-17-18-19-20-21-22-23-24-25-26-27-29-31-33-35-37-39-45(53)50-42(41-57-49-48(56)47(55)46(54)44(40-51)58-49)43(52)38-36-34-32-30-28-16-14-12-10-8-6-4-2/h5,7,11,13,17-18,20-21,28,30,36,38,42-44,46-49,51-52,54-56H,3-4,6,8-10,12,14-16,19,22-27,29,31-35,37,39-41H2,1-2H3,(H,50,53)/b7-5-,13-11-,18-17-,21-20-,30-28+,38-36+. The largest absolute Gasteiger partial charge is 0.394 e. The Morgan fingerprint density at radius 1 is 0.603 bits per heavy atom. The number of aliphatic hydroxyl groups excluding tert-OH is 5. The molecule has 7 unspecified atom stereocenters. The molecule has 0 spiro atoms. The molecular formula is C49H85NO8. The van der Waals surface area contributed by atoms with Crippen LogP contribution in [0.2, 0.25) is 0 Å². The summed E-state index contributed by atoms with van der Waals surface area (Å²) in [6.07, 6.45) is 45.2. The van der Waals surface area contributed by atoms with Crippen molar-refractivity contribution in [3.63, 3.8) is 0 Å². The van der Waals surface area contributed by atoms with Gasteiger partial charge in [0.25, 0.3) is 0 Å². The second-order valence-electron chi connectivity index (χ2n) is 15.8. The lowest BCUT2D eigenvalue weighted by Gasteiger charge is -2.40. The summed E-state index contributed by atoms with van der Waals surface area (Å²) < 4.78 is 11.2. The molecule has 58 heavy (non-hydrogen) atoms. The fourth-order valence-corrected chi connectivity index (χ4v) is 6.81. The van der Waals surface area contributed by atoms with Crippen molar-refractivity contribution in [2.24, 2.45) is 0 Å². The maximum absolute atomic E-state index is 12.9. The molecule has 1 rings (SSSR count). The molecule has 0 radical (unpaired) electrons. The van der Waals surface area contributed by atoms with Gasteiger partial charge in [-0.1, -0.05) is 170 Å². The van der Waals surface area contributed by atoms with E-state index in [0.29, 0.717) is 6.42 Å². The molecule has 6 N–H and O–H groups in total. The van der Waals surface area contributed by atoms with E-state index in [9.17, 15) is 30.3 Å². The Hall–Kier alpha value is -2.37. The predicted molar refractivity (Wildman–Crippen MR) is 239 cm³/mol. The summed E-state index contributed by atoms with van der Waals surface area (Å²) in [6.45, 7) is 3.61. The average Bonchev–Trinajstić information content (AvgIpc) is 3.22. The van der Waals surface area contributed by atoms with Crippen molar-refractivity contribution in [2.45, 2.75) is 217 Å². The minimum atomic E-state index is -1.57. The van der Waals surface area contributed by atoms with E-state index in [2.05, 4.69) is 79.9 Å². The molecule has 1 amide bonds. The summed E-state index contributed by atoms with van der Waals surface area (Å²) in [7, 11) is 0. The molecule has 1 heterocycles. The van der Waals surface area contributed by atoms with Crippen LogP contribution in [0.4, 0.5) is 0 Å². The molecule has 0 saturated carbocycles. The third kappa shape index (κ3) is 29.0. The lowest BCUT2D eigenvalue weighted by atomic mass is 9.99. The van der Waals surface area contributed by atoms with Crippen molar-refractivity contribution in [3.8, 4) is 0 Å². The number of hydrogen-bond donors (Lipinski definition) is 6. The number of rotatable bonds is 37. The van der Waals surface area contributed by atoms with Crippen LogP contribution in [-0.4, -0.2) is 87.5 Å². The maximum Gasteiger partial charge on any atom is 0.220 e. The van der Waals surface area contributed by atoms with E-state index in [0.717, 1.165) is 77.0 Å². The van der Waals surface area contributed by atoms with Gasteiger partial charge in [0.1, 0.15) is 24.4 Å². The van der Waals surface area contributed by atoms with E-state index in [-0.39, 0.29) is 12.5 Å². The van der Waals surface area contributed by atoms with Crippen LogP contribution in [0, 0.1) is 0 Å². The highest BCUT2D eigenvalue weighted by molar-refractivity contribution is 5.76. The lowest BCUT2D eigenvalue weighted by molar-refractivity contribution is -0.302. The van der Waals surface area contributed by atoms with E-state index in [4.69, 9.17) is 9.47 Å². The van der Waals surface area contributed by atoms with E-state index in [1.165, 1.54) is 77.0 Å². The van der Waals surface area contributed by atoms with Gasteiger partial charge in [-0.3, -0.25) is 4.79 Å². The van der Waals surface area contributed by atoms with Gasteiger partial charge in [0.05, 0.1) is 25.4 Å². The van der Waals surface area contributed by atoms with Crippen molar-refractivity contribution in [3.05, 3.63) is 72.9 Å². The molecule has 9 nitrogen and oxygen atoms in total. The first-order valence-electron chi connectivity index (χ1n) is 23.2. The molecule has 1 aliphatic heterocycles. The van der Waals surface area contributed by atoms with Crippen LogP contribution in [0.25, 0.3) is 0 Å². The summed E-state index contributed by atoms with van der Waals surface area (Å²) in [5.74, 6) is -0.197. The van der Waals surface area contributed by atoms with Gasteiger partial charge in [0.15, 0.2) is 6.29 Å². The number of unbranched alkanes of at least 4 members (excludes halogenated alkanes) is 17. The summed E-state index contributed by atoms with van der Waals surface area (Å²) in [5.41, 5.74) is 0. The van der Waals surface area contributed by atoms with Gasteiger partial charge in [0.2, 0.25) is 5.91 Å². The smallest absolute Gasteiger partial charge is 0.220 e. The Labute approximate surface area is 353 Å². The normalized spacial score (nSPS) is 21.5. The second kappa shape index (κ2) is 38.8. The van der Waals surface area contributed by atoms with Crippen molar-refractivity contribution >= 4 is 5.91 Å². The zero-order chi connectivity index (χ0) is 42.3. The second-order valence-corrected chi connectivity index (χ2v) is 15.8. The van der Waals surface area contributed by atoms with Crippen LogP contribution in [0.5, 0.6) is 0 Å². The van der Waals surface area contributed by atoms with E-state index >= 15 is 0 Å². The number of allylic oxidation sites excluding steroid dienone is 11. The van der Waals surface area contributed by atoms with Gasteiger partial charge in [-0.15, -0.1) is 0 Å². The Bertz CT molecular complexity index is 1130. The highest BCUT2D eigenvalue weighted by Crippen LogP contribution is 2.22. The van der Waals surface area contributed by atoms with Crippen LogP contribution >= 0.6 is 0 Å². The third-order valence-corrected chi connectivity index (χ3v) is 10.5. The Morgan fingerprint density at radius 2 is 1.09 bits per heavy atom. The number of carbonyl (C=O) groups excluding carboxylic acids is 1. The van der Waals surface area contributed by atoms with E-state index < -0.39 is 49.5 Å². The molecule has 0 bridgehead atoms. The van der Waals surface area contributed by atoms with E-state index in [1.54, 1.807) is 6.08 Å². The van der Waals surface area contributed by atoms with Crippen molar-refractivity contribution in [2.75, 3.05) is 13.2 Å². The van der Waals surface area contributed by atoms with Gasteiger partial charge in [0, 0.05) is 6.42 Å². The molecular weight excluding hydrogens is 731 g/mol. The van der Waals surface area contributed by atoms with Crippen molar-refractivity contribution in [1.82, 2.24) is 5.32 Å².